The first-order chi connectivity index (χ1) is 12.7. The van der Waals surface area contributed by atoms with Gasteiger partial charge in [0.25, 0.3) is 0 Å². The van der Waals surface area contributed by atoms with Crippen LogP contribution in [-0.2, 0) is 0 Å². The minimum absolute atomic E-state index is 0.525. The molecule has 0 amide bonds. The molecule has 3 aromatic rings. The lowest BCUT2D eigenvalue weighted by Crippen LogP contribution is -2.30. The van der Waals surface area contributed by atoms with Crippen molar-refractivity contribution in [3.05, 3.63) is 46.7 Å². The van der Waals surface area contributed by atoms with E-state index in [0.29, 0.717) is 10.0 Å². The van der Waals surface area contributed by atoms with Crippen molar-refractivity contribution in [3.63, 3.8) is 0 Å². The summed E-state index contributed by atoms with van der Waals surface area (Å²) in [5.74, 6) is 1.72. The maximum absolute atomic E-state index is 6.27. The maximum atomic E-state index is 6.27. The Kier molecular flexibility index (Phi) is 4.88. The van der Waals surface area contributed by atoms with E-state index in [1.807, 2.05) is 30.3 Å². The Labute approximate surface area is 162 Å². The molecule has 0 aliphatic carbocycles. The zero-order valence-electron chi connectivity index (χ0n) is 14.5. The quantitative estimate of drug-likeness (QED) is 0.585. The summed E-state index contributed by atoms with van der Waals surface area (Å²) in [7, 11) is 1.66. The number of halogens is 2. The molecule has 1 aromatic heterocycles. The fraction of sp³-hybridized carbons (Fsp3) is 0.300. The molecule has 1 fully saturated rings. The van der Waals surface area contributed by atoms with Gasteiger partial charge in [0.2, 0.25) is 0 Å². The highest BCUT2D eigenvalue weighted by atomic mass is 35.5. The molecule has 0 atom stereocenters. The Balaban J connectivity index is 1.98. The number of hydrogen-bond donors (Lipinski definition) is 0. The second-order valence-corrected chi connectivity index (χ2v) is 7.26. The van der Waals surface area contributed by atoms with E-state index >= 15 is 0 Å². The molecule has 0 bridgehead atoms. The van der Waals surface area contributed by atoms with E-state index in [2.05, 4.69) is 14.9 Å². The summed E-state index contributed by atoms with van der Waals surface area (Å²) in [5, 5.41) is 2.08. The van der Waals surface area contributed by atoms with Gasteiger partial charge in [-0.2, -0.15) is 0 Å². The van der Waals surface area contributed by atoms with Crippen LogP contribution in [0.4, 0.5) is 5.82 Å². The maximum Gasteiger partial charge on any atom is 0.140 e. The van der Waals surface area contributed by atoms with Gasteiger partial charge in [-0.25, -0.2) is 9.97 Å². The van der Waals surface area contributed by atoms with Crippen molar-refractivity contribution in [3.8, 4) is 16.9 Å². The molecule has 0 N–H and O–H groups in total. The molecule has 0 unspecified atom stereocenters. The number of nitrogens with zero attached hydrogens (tertiary/aromatic N) is 3. The van der Waals surface area contributed by atoms with Crippen molar-refractivity contribution in [2.75, 3.05) is 25.1 Å². The summed E-state index contributed by atoms with van der Waals surface area (Å²) in [4.78, 5) is 11.5. The number of methoxy groups -OCH3 is 1. The monoisotopic (exact) mass is 387 g/mol. The predicted octanol–water partition coefficient (Wildman–Crippen LogP) is 5.60. The van der Waals surface area contributed by atoms with Crippen molar-refractivity contribution in [2.45, 2.75) is 19.3 Å². The van der Waals surface area contributed by atoms with Gasteiger partial charge in [0.15, 0.2) is 0 Å². The van der Waals surface area contributed by atoms with E-state index in [1.54, 1.807) is 13.4 Å². The zero-order valence-corrected chi connectivity index (χ0v) is 16.0. The third kappa shape index (κ3) is 3.19. The zero-order chi connectivity index (χ0) is 18.1. The summed E-state index contributed by atoms with van der Waals surface area (Å²) in [6.07, 6.45) is 5.27. The minimum atomic E-state index is 0.525. The average Bonchev–Trinajstić information content (AvgIpc) is 2.69. The third-order valence-electron chi connectivity index (χ3n) is 4.81. The van der Waals surface area contributed by atoms with E-state index < -0.39 is 0 Å². The highest BCUT2D eigenvalue weighted by molar-refractivity contribution is 6.42. The normalized spacial score (nSPS) is 14.7. The number of aromatic nitrogens is 2. The lowest BCUT2D eigenvalue weighted by molar-refractivity contribution is 0.415. The van der Waals surface area contributed by atoms with Gasteiger partial charge in [-0.1, -0.05) is 29.3 Å². The van der Waals surface area contributed by atoms with Crippen molar-refractivity contribution >= 4 is 39.9 Å². The molecule has 0 spiro atoms. The molecule has 6 heteroatoms. The summed E-state index contributed by atoms with van der Waals surface area (Å²) >= 11 is 12.4. The molecule has 1 saturated heterocycles. The van der Waals surface area contributed by atoms with Gasteiger partial charge >= 0.3 is 0 Å². The summed E-state index contributed by atoms with van der Waals surface area (Å²) < 4.78 is 5.49. The smallest absolute Gasteiger partial charge is 0.140 e. The molecule has 2 heterocycles. The average molecular weight is 388 g/mol. The molecule has 2 aromatic carbocycles. The second-order valence-electron chi connectivity index (χ2n) is 6.44. The van der Waals surface area contributed by atoms with Crippen molar-refractivity contribution in [1.29, 1.82) is 0 Å². The number of hydrogen-bond acceptors (Lipinski definition) is 4. The van der Waals surface area contributed by atoms with Gasteiger partial charge in [-0.15, -0.1) is 0 Å². The minimum Gasteiger partial charge on any atom is -0.497 e. The van der Waals surface area contributed by atoms with Crippen LogP contribution >= 0.6 is 23.2 Å². The number of fused-ring (bicyclic) bond motifs is 1. The van der Waals surface area contributed by atoms with E-state index in [9.17, 15) is 0 Å². The van der Waals surface area contributed by atoms with E-state index in [0.717, 1.165) is 46.7 Å². The lowest BCUT2D eigenvalue weighted by Gasteiger charge is -2.29. The predicted molar refractivity (Wildman–Crippen MR) is 108 cm³/mol. The van der Waals surface area contributed by atoms with Crippen LogP contribution in [0.15, 0.2) is 36.7 Å². The molecular weight excluding hydrogens is 369 g/mol. The standard InChI is InChI=1S/C20H19Cl2N3O/c1-26-14-10-15(13-5-6-16(21)17(22)9-13)19-18(11-14)23-12-24-20(19)25-7-3-2-4-8-25/h5-6,9-12H,2-4,7-8H2,1H3. The van der Waals surface area contributed by atoms with Crippen molar-refractivity contribution < 1.29 is 4.74 Å². The van der Waals surface area contributed by atoms with E-state index in [4.69, 9.17) is 27.9 Å². The lowest BCUT2D eigenvalue weighted by atomic mass is 9.99. The molecule has 4 rings (SSSR count). The molecule has 1 aliphatic heterocycles. The van der Waals surface area contributed by atoms with Gasteiger partial charge in [0.1, 0.15) is 17.9 Å². The Morgan fingerprint density at radius 1 is 0.962 bits per heavy atom. The molecule has 1 aliphatic rings. The second kappa shape index (κ2) is 7.29. The summed E-state index contributed by atoms with van der Waals surface area (Å²) in [6, 6.07) is 9.62. The molecule has 0 saturated carbocycles. The SMILES string of the molecule is COc1cc(-c2ccc(Cl)c(Cl)c2)c2c(N3CCCCC3)ncnc2c1. The Bertz CT molecular complexity index is 955. The molecule has 26 heavy (non-hydrogen) atoms. The van der Waals surface area contributed by atoms with Gasteiger partial charge < -0.3 is 9.64 Å². The first-order valence-electron chi connectivity index (χ1n) is 8.70. The summed E-state index contributed by atoms with van der Waals surface area (Å²) in [6.45, 7) is 2.03. The van der Waals surface area contributed by atoms with E-state index in [1.165, 1.54) is 19.3 Å². The number of piperidine rings is 1. The van der Waals surface area contributed by atoms with Crippen LogP contribution in [0, 0.1) is 0 Å². The first kappa shape index (κ1) is 17.4. The first-order valence-corrected chi connectivity index (χ1v) is 9.46. The van der Waals surface area contributed by atoms with Crippen LogP contribution in [0.5, 0.6) is 5.75 Å². The van der Waals surface area contributed by atoms with Crippen LogP contribution in [0.2, 0.25) is 10.0 Å². The molecule has 0 radical (unpaired) electrons. The summed E-state index contributed by atoms with van der Waals surface area (Å²) in [5.41, 5.74) is 2.83. The van der Waals surface area contributed by atoms with Crippen LogP contribution in [-0.4, -0.2) is 30.2 Å². The number of anilines is 1. The van der Waals surface area contributed by atoms with Crippen LogP contribution in [0.3, 0.4) is 0 Å². The Morgan fingerprint density at radius 3 is 2.50 bits per heavy atom. The molecule has 134 valence electrons. The van der Waals surface area contributed by atoms with Crippen LogP contribution in [0.25, 0.3) is 22.0 Å². The van der Waals surface area contributed by atoms with Gasteiger partial charge in [-0.05, 0) is 48.6 Å². The van der Waals surface area contributed by atoms with Crippen molar-refractivity contribution in [1.82, 2.24) is 9.97 Å². The van der Waals surface area contributed by atoms with Gasteiger partial charge in [0.05, 0.1) is 28.1 Å². The highest BCUT2D eigenvalue weighted by Gasteiger charge is 2.19. The number of benzene rings is 2. The van der Waals surface area contributed by atoms with Gasteiger partial charge in [-0.3, -0.25) is 0 Å². The molecule has 4 nitrogen and oxygen atoms in total. The van der Waals surface area contributed by atoms with Crippen LogP contribution < -0.4 is 9.64 Å². The molecular formula is C20H19Cl2N3O. The van der Waals surface area contributed by atoms with Crippen LogP contribution in [0.1, 0.15) is 19.3 Å². The Hall–Kier alpha value is -2.04. The number of ether oxygens (including phenoxy) is 1. The Morgan fingerprint density at radius 2 is 1.77 bits per heavy atom. The largest absolute Gasteiger partial charge is 0.497 e. The fourth-order valence-electron chi connectivity index (χ4n) is 3.50. The topological polar surface area (TPSA) is 38.2 Å². The third-order valence-corrected chi connectivity index (χ3v) is 5.55. The fourth-order valence-corrected chi connectivity index (χ4v) is 3.80. The van der Waals surface area contributed by atoms with E-state index in [-0.39, 0.29) is 0 Å². The number of rotatable bonds is 3. The highest BCUT2D eigenvalue weighted by Crippen LogP contribution is 2.39. The van der Waals surface area contributed by atoms with Crippen molar-refractivity contribution in [2.24, 2.45) is 0 Å². The van der Waals surface area contributed by atoms with Gasteiger partial charge in [0, 0.05) is 19.2 Å².